The molecule has 4 aliphatic rings. The Hall–Kier alpha value is -2.28. The van der Waals surface area contributed by atoms with Crippen LogP contribution in [0, 0.1) is 23.2 Å². The molecule has 4 fully saturated rings. The molecule has 4 saturated carbocycles. The molecule has 1 N–H and O–H groups in total. The lowest BCUT2D eigenvalue weighted by Gasteiger charge is -2.56. The average molecular weight is 426 g/mol. The lowest BCUT2D eigenvalue weighted by molar-refractivity contribution is -0.114. The molecule has 0 aliphatic heterocycles. The first-order chi connectivity index (χ1) is 14.3. The van der Waals surface area contributed by atoms with E-state index in [9.17, 15) is 13.2 Å². The molecule has 6 nitrogen and oxygen atoms in total. The smallest absolute Gasteiger partial charge is 0.222 e. The quantitative estimate of drug-likeness (QED) is 0.779. The van der Waals surface area contributed by atoms with Gasteiger partial charge in [0.15, 0.2) is 9.84 Å². The monoisotopic (exact) mass is 425 g/mol. The zero-order valence-corrected chi connectivity index (χ0v) is 18.0. The van der Waals surface area contributed by atoms with Gasteiger partial charge in [-0.05, 0) is 85.5 Å². The van der Waals surface area contributed by atoms with Crippen molar-refractivity contribution in [1.82, 2.24) is 9.97 Å². The van der Waals surface area contributed by atoms with E-state index >= 15 is 0 Å². The maximum absolute atomic E-state index is 13.4. The molecule has 4 aliphatic carbocycles. The summed E-state index contributed by atoms with van der Waals surface area (Å²) in [4.78, 5) is 19.9. The Morgan fingerprint density at radius 3 is 2.37 bits per heavy atom. The van der Waals surface area contributed by atoms with E-state index in [1.165, 1.54) is 32.4 Å². The Balaban J connectivity index is 1.42. The number of nitrogens with one attached hydrogen (secondary N) is 1. The van der Waals surface area contributed by atoms with Gasteiger partial charge < -0.3 is 5.32 Å². The van der Waals surface area contributed by atoms with Crippen LogP contribution in [0.1, 0.15) is 45.4 Å². The number of rotatable bonds is 5. The third-order valence-corrected chi connectivity index (χ3v) is 9.06. The highest BCUT2D eigenvalue weighted by atomic mass is 32.2. The summed E-state index contributed by atoms with van der Waals surface area (Å²) >= 11 is 0. The van der Waals surface area contributed by atoms with Crippen LogP contribution in [-0.2, 0) is 14.6 Å². The van der Waals surface area contributed by atoms with Crippen molar-refractivity contribution < 1.29 is 13.2 Å². The van der Waals surface area contributed by atoms with Crippen LogP contribution in [0.2, 0.25) is 0 Å². The number of aromatic nitrogens is 2. The Labute approximate surface area is 177 Å². The van der Waals surface area contributed by atoms with E-state index in [0.717, 1.165) is 42.6 Å². The van der Waals surface area contributed by atoms with Crippen molar-refractivity contribution in [1.29, 1.82) is 0 Å². The van der Waals surface area contributed by atoms with E-state index in [2.05, 4.69) is 15.3 Å². The van der Waals surface area contributed by atoms with Gasteiger partial charge in [-0.3, -0.25) is 9.78 Å². The molecule has 158 valence electrons. The second kappa shape index (κ2) is 7.15. The summed E-state index contributed by atoms with van der Waals surface area (Å²) in [5, 5.41) is 2.66. The van der Waals surface area contributed by atoms with E-state index in [1.807, 2.05) is 0 Å². The molecule has 0 aromatic carbocycles. The molecule has 7 heteroatoms. The van der Waals surface area contributed by atoms with Gasteiger partial charge in [0.25, 0.3) is 0 Å². The van der Waals surface area contributed by atoms with Crippen LogP contribution >= 0.6 is 0 Å². The van der Waals surface area contributed by atoms with Gasteiger partial charge in [-0.1, -0.05) is 0 Å². The number of amides is 1. The molecule has 2 heterocycles. The maximum atomic E-state index is 13.4. The zero-order chi connectivity index (χ0) is 20.9. The first-order valence-electron chi connectivity index (χ1n) is 10.7. The third-order valence-electron chi connectivity index (χ3n) is 7.13. The standard InChI is InChI=1S/C23H27N3O3S/c1-15(27)26-22-8-19(2-3-25-22)20-7-21(13-24-12-20)30(28,29)14-23-9-16-4-17(10-23)6-18(5-16)11-23/h2-3,7-8,12-13,16-18H,4-6,9-11,14H2,1H3,(H,25,26,27). The van der Waals surface area contributed by atoms with Gasteiger partial charge in [-0.25, -0.2) is 13.4 Å². The molecular weight excluding hydrogens is 398 g/mol. The van der Waals surface area contributed by atoms with Crippen molar-refractivity contribution in [3.8, 4) is 11.1 Å². The summed E-state index contributed by atoms with van der Waals surface area (Å²) in [7, 11) is -3.43. The second-order valence-electron chi connectivity index (χ2n) is 9.70. The largest absolute Gasteiger partial charge is 0.311 e. The third kappa shape index (κ3) is 3.75. The molecule has 0 atom stereocenters. The lowest BCUT2D eigenvalue weighted by Crippen LogP contribution is -2.49. The van der Waals surface area contributed by atoms with Crippen LogP contribution in [0.4, 0.5) is 5.82 Å². The molecule has 1 amide bonds. The minimum absolute atomic E-state index is 0.0428. The van der Waals surface area contributed by atoms with Crippen LogP contribution < -0.4 is 5.32 Å². The maximum Gasteiger partial charge on any atom is 0.222 e. The Bertz CT molecular complexity index is 1060. The number of sulfone groups is 1. The van der Waals surface area contributed by atoms with E-state index in [1.54, 1.807) is 30.6 Å². The molecule has 0 radical (unpaired) electrons. The summed E-state index contributed by atoms with van der Waals surface area (Å²) in [6.07, 6.45) is 11.8. The zero-order valence-electron chi connectivity index (χ0n) is 17.2. The molecule has 4 bridgehead atoms. The van der Waals surface area contributed by atoms with E-state index in [0.29, 0.717) is 11.4 Å². The number of hydrogen-bond donors (Lipinski definition) is 1. The summed E-state index contributed by atoms with van der Waals surface area (Å²) < 4.78 is 26.8. The number of carbonyl (C=O) groups excluding carboxylic acids is 1. The van der Waals surface area contributed by atoms with Gasteiger partial charge in [-0.15, -0.1) is 0 Å². The minimum atomic E-state index is -3.43. The fourth-order valence-corrected chi connectivity index (χ4v) is 8.41. The minimum Gasteiger partial charge on any atom is -0.311 e. The van der Waals surface area contributed by atoms with E-state index in [-0.39, 0.29) is 22.0 Å². The van der Waals surface area contributed by atoms with Crippen LogP contribution in [0.3, 0.4) is 0 Å². The Kier molecular flexibility index (Phi) is 4.69. The van der Waals surface area contributed by atoms with Gasteiger partial charge in [0, 0.05) is 31.1 Å². The highest BCUT2D eigenvalue weighted by molar-refractivity contribution is 7.91. The topological polar surface area (TPSA) is 89.0 Å². The number of nitrogens with zero attached hydrogens (tertiary/aromatic N) is 2. The van der Waals surface area contributed by atoms with Crippen LogP contribution in [0.25, 0.3) is 11.1 Å². The van der Waals surface area contributed by atoms with Gasteiger partial charge >= 0.3 is 0 Å². The van der Waals surface area contributed by atoms with Gasteiger partial charge in [0.1, 0.15) is 5.82 Å². The summed E-state index contributed by atoms with van der Waals surface area (Å²) in [6, 6.07) is 5.22. The SMILES string of the molecule is CC(=O)Nc1cc(-c2cncc(S(=O)(=O)CC34CC5CC(CC(C5)C3)C4)c2)ccn1. The molecular formula is C23H27N3O3S. The Morgan fingerprint density at radius 2 is 1.73 bits per heavy atom. The molecule has 2 aromatic heterocycles. The highest BCUT2D eigenvalue weighted by Gasteiger charge is 2.52. The first kappa shape index (κ1) is 19.7. The average Bonchev–Trinajstić information content (AvgIpc) is 2.66. The normalized spacial score (nSPS) is 29.7. The van der Waals surface area contributed by atoms with Crippen molar-refractivity contribution in [3.63, 3.8) is 0 Å². The number of anilines is 1. The summed E-state index contributed by atoms with van der Waals surface area (Å²) in [5.41, 5.74) is 1.43. The van der Waals surface area contributed by atoms with E-state index in [4.69, 9.17) is 0 Å². The van der Waals surface area contributed by atoms with Crippen LogP contribution in [0.15, 0.2) is 41.7 Å². The second-order valence-corrected chi connectivity index (χ2v) is 11.7. The van der Waals surface area contributed by atoms with Crippen LogP contribution in [-0.4, -0.2) is 30.0 Å². The molecule has 0 spiro atoms. The molecule has 0 saturated heterocycles. The van der Waals surface area contributed by atoms with E-state index < -0.39 is 9.84 Å². The highest BCUT2D eigenvalue weighted by Crippen LogP contribution is 2.60. The molecule has 30 heavy (non-hydrogen) atoms. The fourth-order valence-electron chi connectivity index (χ4n) is 6.56. The van der Waals surface area contributed by atoms with Crippen molar-refractivity contribution >= 4 is 21.6 Å². The van der Waals surface area contributed by atoms with Gasteiger partial charge in [0.05, 0.1) is 10.6 Å². The Morgan fingerprint density at radius 1 is 1.07 bits per heavy atom. The van der Waals surface area contributed by atoms with Crippen molar-refractivity contribution in [2.45, 2.75) is 50.3 Å². The van der Waals surface area contributed by atoms with Gasteiger partial charge in [0.2, 0.25) is 5.91 Å². The molecule has 6 rings (SSSR count). The summed E-state index contributed by atoms with van der Waals surface area (Å²) in [6.45, 7) is 1.42. The van der Waals surface area contributed by atoms with Crippen LogP contribution in [0.5, 0.6) is 0 Å². The first-order valence-corrected chi connectivity index (χ1v) is 12.4. The summed E-state index contributed by atoms with van der Waals surface area (Å²) in [5.74, 6) is 2.63. The number of pyridine rings is 2. The van der Waals surface area contributed by atoms with Crippen molar-refractivity contribution in [2.75, 3.05) is 11.1 Å². The van der Waals surface area contributed by atoms with Gasteiger partial charge in [-0.2, -0.15) is 0 Å². The predicted octanol–water partition coefficient (Wildman–Crippen LogP) is 4.09. The predicted molar refractivity (Wildman–Crippen MR) is 114 cm³/mol. The van der Waals surface area contributed by atoms with Crippen molar-refractivity contribution in [3.05, 3.63) is 36.8 Å². The lowest BCUT2D eigenvalue weighted by atomic mass is 9.50. The fraction of sp³-hybridized carbons (Fsp3) is 0.522. The van der Waals surface area contributed by atoms with Crippen molar-refractivity contribution in [2.24, 2.45) is 23.2 Å². The number of hydrogen-bond acceptors (Lipinski definition) is 5. The number of carbonyl (C=O) groups is 1. The molecule has 2 aromatic rings. The molecule has 0 unspecified atom stereocenters.